The van der Waals surface area contributed by atoms with Gasteiger partial charge in [0.2, 0.25) is 0 Å². The van der Waals surface area contributed by atoms with Crippen LogP contribution in [-0.4, -0.2) is 32.4 Å². The van der Waals surface area contributed by atoms with Crippen molar-refractivity contribution in [2.45, 2.75) is 44.8 Å². The summed E-state index contributed by atoms with van der Waals surface area (Å²) in [6, 6.07) is 8.45. The molecule has 0 N–H and O–H groups in total. The first kappa shape index (κ1) is 17.8. The monoisotopic (exact) mass is 440 g/mol. The van der Waals surface area contributed by atoms with Gasteiger partial charge in [-0.1, -0.05) is 28.0 Å². The fourth-order valence-corrected chi connectivity index (χ4v) is 4.55. The van der Waals surface area contributed by atoms with Crippen LogP contribution in [0.3, 0.4) is 0 Å². The number of halogens is 1. The summed E-state index contributed by atoms with van der Waals surface area (Å²) in [5.41, 5.74) is 3.92. The zero-order chi connectivity index (χ0) is 19.1. The highest BCUT2D eigenvalue weighted by Gasteiger charge is 2.27. The van der Waals surface area contributed by atoms with Crippen LogP contribution in [0.2, 0.25) is 0 Å². The Morgan fingerprint density at radius 3 is 3.00 bits per heavy atom. The summed E-state index contributed by atoms with van der Waals surface area (Å²) in [6.45, 7) is 2.96. The van der Waals surface area contributed by atoms with Gasteiger partial charge in [-0.2, -0.15) is 0 Å². The summed E-state index contributed by atoms with van der Waals surface area (Å²) in [6.07, 6.45) is 7.40. The second kappa shape index (κ2) is 7.29. The Hall–Kier alpha value is -2.25. The quantitative estimate of drug-likeness (QED) is 0.443. The van der Waals surface area contributed by atoms with E-state index in [1.807, 2.05) is 24.4 Å². The molecule has 28 heavy (non-hydrogen) atoms. The number of rotatable bonds is 4. The maximum atomic E-state index is 5.94. The number of hydrogen-bond acceptors (Lipinski definition) is 5. The van der Waals surface area contributed by atoms with Crippen LogP contribution in [-0.2, 0) is 11.2 Å². The Labute approximate surface area is 171 Å². The number of aromatic nitrogens is 4. The number of benzene rings is 1. The summed E-state index contributed by atoms with van der Waals surface area (Å²) < 4.78 is 14.4. The van der Waals surface area contributed by atoms with E-state index in [1.54, 1.807) is 6.26 Å². The lowest BCUT2D eigenvalue weighted by atomic mass is 10.0. The minimum absolute atomic E-state index is 0.288. The van der Waals surface area contributed by atoms with Crippen LogP contribution < -0.4 is 0 Å². The number of nitrogens with zero attached hydrogens (tertiary/aromatic N) is 4. The van der Waals surface area contributed by atoms with Crippen molar-refractivity contribution >= 4 is 37.9 Å². The average Bonchev–Trinajstić information content (AvgIpc) is 3.35. The molecule has 0 amide bonds. The Morgan fingerprint density at radius 2 is 2.18 bits per heavy atom. The second-order valence-corrected chi connectivity index (χ2v) is 8.21. The fourth-order valence-electron chi connectivity index (χ4n) is 4.19. The van der Waals surface area contributed by atoms with Crippen molar-refractivity contribution in [2.75, 3.05) is 6.61 Å². The van der Waals surface area contributed by atoms with Gasteiger partial charge in [-0.25, -0.2) is 4.98 Å². The van der Waals surface area contributed by atoms with E-state index in [9.17, 15) is 0 Å². The summed E-state index contributed by atoms with van der Waals surface area (Å²) in [5, 5.41) is 5.22. The average molecular weight is 441 g/mol. The summed E-state index contributed by atoms with van der Waals surface area (Å²) in [5.74, 6) is 1.000. The maximum absolute atomic E-state index is 5.94. The molecular formula is C21H21BrN4O2. The Balaban J connectivity index is 1.73. The molecule has 2 atom stereocenters. The highest BCUT2D eigenvalue weighted by molar-refractivity contribution is 9.10. The summed E-state index contributed by atoms with van der Waals surface area (Å²) >= 11 is 3.62. The van der Waals surface area contributed by atoms with E-state index in [1.165, 1.54) is 0 Å². The predicted octanol–water partition coefficient (Wildman–Crippen LogP) is 5.06. The molecular weight excluding hydrogens is 420 g/mol. The molecule has 0 saturated carbocycles. The molecule has 6 nitrogen and oxygen atoms in total. The zero-order valence-electron chi connectivity index (χ0n) is 15.6. The molecule has 3 aromatic heterocycles. The van der Waals surface area contributed by atoms with E-state index < -0.39 is 0 Å². The van der Waals surface area contributed by atoms with Gasteiger partial charge in [-0.15, -0.1) is 0 Å². The highest BCUT2D eigenvalue weighted by Crippen LogP contribution is 2.35. The predicted molar refractivity (Wildman–Crippen MR) is 110 cm³/mol. The lowest BCUT2D eigenvalue weighted by Gasteiger charge is -2.31. The van der Waals surface area contributed by atoms with Gasteiger partial charge in [0.1, 0.15) is 17.6 Å². The largest absolute Gasteiger partial charge is 0.378 e. The van der Waals surface area contributed by atoms with Crippen molar-refractivity contribution in [3.63, 3.8) is 0 Å². The maximum Gasteiger partial charge on any atom is 0.124 e. The minimum atomic E-state index is 0.288. The molecule has 1 aliphatic heterocycles. The van der Waals surface area contributed by atoms with Crippen molar-refractivity contribution in [3.05, 3.63) is 52.7 Å². The van der Waals surface area contributed by atoms with Crippen LogP contribution >= 0.6 is 15.9 Å². The summed E-state index contributed by atoms with van der Waals surface area (Å²) in [4.78, 5) is 9.58. The van der Waals surface area contributed by atoms with Gasteiger partial charge < -0.3 is 13.8 Å². The Bertz CT molecular complexity index is 1120. The van der Waals surface area contributed by atoms with Crippen molar-refractivity contribution < 1.29 is 9.26 Å². The number of imidazole rings is 1. The number of fused-ring (bicyclic) bond motifs is 3. The molecule has 1 aliphatic rings. The van der Waals surface area contributed by atoms with Crippen molar-refractivity contribution in [3.8, 4) is 0 Å². The normalized spacial score (nSPS) is 20.2. The van der Waals surface area contributed by atoms with Crippen molar-refractivity contribution in [2.24, 2.45) is 0 Å². The van der Waals surface area contributed by atoms with Crippen LogP contribution in [0.4, 0.5) is 0 Å². The first-order valence-electron chi connectivity index (χ1n) is 9.69. The molecule has 1 saturated heterocycles. The van der Waals surface area contributed by atoms with E-state index in [-0.39, 0.29) is 6.10 Å². The number of pyridine rings is 1. The van der Waals surface area contributed by atoms with Gasteiger partial charge in [0.05, 0.1) is 35.4 Å². The summed E-state index contributed by atoms with van der Waals surface area (Å²) in [7, 11) is 0. The van der Waals surface area contributed by atoms with Gasteiger partial charge in [0.15, 0.2) is 0 Å². The fraction of sp³-hybridized carbons (Fsp3) is 0.381. The lowest BCUT2D eigenvalue weighted by Crippen LogP contribution is -2.28. The molecule has 5 rings (SSSR count). The SMILES string of the molecule is CC[C@H]1C[C@@H](n2c(Cc3ccon3)nc3cnc4ccc(Br)cc4c32)CCO1. The molecule has 144 valence electrons. The molecule has 0 aliphatic carbocycles. The molecule has 0 bridgehead atoms. The van der Waals surface area contributed by atoms with Gasteiger partial charge in [0.25, 0.3) is 0 Å². The minimum Gasteiger partial charge on any atom is -0.378 e. The van der Waals surface area contributed by atoms with Crippen LogP contribution in [0.15, 0.2) is 45.7 Å². The van der Waals surface area contributed by atoms with Crippen LogP contribution in [0.5, 0.6) is 0 Å². The standard InChI is InChI=1S/C21H21BrN4O2/c1-2-16-11-15(6-7-27-16)26-20(10-14-5-8-28-25-14)24-19-12-23-18-4-3-13(22)9-17(18)21(19)26/h3-5,8-9,12,15-16H,2,6-7,10-11H2,1H3/t15-,16-/m0/s1. The first-order chi connectivity index (χ1) is 13.7. The second-order valence-electron chi connectivity index (χ2n) is 7.30. The molecule has 7 heteroatoms. The third-order valence-electron chi connectivity index (χ3n) is 5.54. The van der Waals surface area contributed by atoms with Crippen LogP contribution in [0.1, 0.15) is 43.7 Å². The molecule has 1 aromatic carbocycles. The van der Waals surface area contributed by atoms with E-state index >= 15 is 0 Å². The lowest BCUT2D eigenvalue weighted by molar-refractivity contribution is -0.00678. The van der Waals surface area contributed by atoms with Crippen molar-refractivity contribution in [1.82, 2.24) is 19.7 Å². The van der Waals surface area contributed by atoms with Crippen LogP contribution in [0.25, 0.3) is 21.9 Å². The number of hydrogen-bond donors (Lipinski definition) is 0. The van der Waals surface area contributed by atoms with Gasteiger partial charge in [-0.3, -0.25) is 4.98 Å². The number of ether oxygens (including phenoxy) is 1. The topological polar surface area (TPSA) is 66.0 Å². The van der Waals surface area contributed by atoms with Gasteiger partial charge >= 0.3 is 0 Å². The molecule has 4 aromatic rings. The molecule has 0 radical (unpaired) electrons. The molecule has 0 spiro atoms. The zero-order valence-corrected chi connectivity index (χ0v) is 17.2. The van der Waals surface area contributed by atoms with E-state index in [0.717, 1.165) is 63.8 Å². The third kappa shape index (κ3) is 3.12. The first-order valence-corrected chi connectivity index (χ1v) is 10.5. The van der Waals surface area contributed by atoms with Crippen LogP contribution in [0, 0.1) is 0 Å². The van der Waals surface area contributed by atoms with Gasteiger partial charge in [-0.05, 0) is 37.5 Å². The third-order valence-corrected chi connectivity index (χ3v) is 6.03. The van der Waals surface area contributed by atoms with Crippen molar-refractivity contribution in [1.29, 1.82) is 0 Å². The van der Waals surface area contributed by atoms with E-state index in [4.69, 9.17) is 14.2 Å². The Kier molecular flexibility index (Phi) is 4.64. The molecule has 4 heterocycles. The van der Waals surface area contributed by atoms with E-state index in [2.05, 4.69) is 43.6 Å². The smallest absolute Gasteiger partial charge is 0.124 e. The highest BCUT2D eigenvalue weighted by atomic mass is 79.9. The molecule has 1 fully saturated rings. The van der Waals surface area contributed by atoms with E-state index in [0.29, 0.717) is 12.5 Å². The Morgan fingerprint density at radius 1 is 1.25 bits per heavy atom. The molecule has 0 unspecified atom stereocenters. The van der Waals surface area contributed by atoms with Gasteiger partial charge in [0, 0.05) is 28.6 Å².